The number of hydrogen-bond donors (Lipinski definition) is 0. The molecule has 0 radical (unpaired) electrons. The minimum Gasteiger partial charge on any atom is -0.344 e. The molecule has 0 aliphatic rings. The summed E-state index contributed by atoms with van der Waals surface area (Å²) in [4.78, 5) is 12.3. The zero-order chi connectivity index (χ0) is 12.1. The van der Waals surface area contributed by atoms with Gasteiger partial charge in [0.1, 0.15) is 5.92 Å². The van der Waals surface area contributed by atoms with Crippen LogP contribution in [0.4, 0.5) is 13.2 Å². The van der Waals surface area contributed by atoms with Gasteiger partial charge in [0.2, 0.25) is 5.91 Å². The van der Waals surface area contributed by atoms with Gasteiger partial charge in [-0.1, -0.05) is 6.92 Å². The van der Waals surface area contributed by atoms with E-state index >= 15 is 0 Å². The Labute approximate surface area is 86.5 Å². The average Bonchev–Trinajstić information content (AvgIpc) is 2.14. The smallest absolute Gasteiger partial charge is 0.344 e. The minimum atomic E-state index is -4.27. The van der Waals surface area contributed by atoms with Gasteiger partial charge in [-0.15, -0.1) is 0 Å². The van der Waals surface area contributed by atoms with Crippen LogP contribution in [0.2, 0.25) is 0 Å². The topological polar surface area (TPSA) is 44.1 Å². The standard InChI is InChI=1S/C9H13F3N2O/c1-3-7(6-13)8(15)14(2)5-4-9(10,11)12/h7H,3-5H2,1-2H3. The molecular formula is C9H13F3N2O. The Morgan fingerprint density at radius 1 is 1.53 bits per heavy atom. The molecular weight excluding hydrogens is 209 g/mol. The van der Waals surface area contributed by atoms with Crippen LogP contribution >= 0.6 is 0 Å². The van der Waals surface area contributed by atoms with Gasteiger partial charge in [-0.3, -0.25) is 4.79 Å². The van der Waals surface area contributed by atoms with Gasteiger partial charge in [-0.2, -0.15) is 18.4 Å². The SMILES string of the molecule is CCC(C#N)C(=O)N(C)CCC(F)(F)F. The third-order valence-electron chi connectivity index (χ3n) is 1.97. The Kier molecular flexibility index (Phi) is 5.12. The van der Waals surface area contributed by atoms with Crippen LogP contribution in [0.5, 0.6) is 0 Å². The van der Waals surface area contributed by atoms with Crippen LogP contribution < -0.4 is 0 Å². The summed E-state index contributed by atoms with van der Waals surface area (Å²) in [5, 5.41) is 8.55. The largest absolute Gasteiger partial charge is 0.390 e. The van der Waals surface area contributed by atoms with Gasteiger partial charge in [0.05, 0.1) is 12.5 Å². The lowest BCUT2D eigenvalue weighted by atomic mass is 10.1. The van der Waals surface area contributed by atoms with Gasteiger partial charge in [-0.25, -0.2) is 0 Å². The second-order valence-corrected chi connectivity index (χ2v) is 3.21. The summed E-state index contributed by atoms with van der Waals surface area (Å²) in [6, 6.07) is 1.76. The van der Waals surface area contributed by atoms with Crippen LogP contribution in [-0.4, -0.2) is 30.6 Å². The van der Waals surface area contributed by atoms with Crippen LogP contribution in [-0.2, 0) is 4.79 Å². The Hall–Kier alpha value is -1.25. The predicted octanol–water partition coefficient (Wildman–Crippen LogP) is 1.95. The van der Waals surface area contributed by atoms with Crippen LogP contribution in [0.15, 0.2) is 0 Å². The van der Waals surface area contributed by atoms with E-state index in [1.54, 1.807) is 13.0 Å². The summed E-state index contributed by atoms with van der Waals surface area (Å²) >= 11 is 0. The van der Waals surface area contributed by atoms with E-state index in [0.29, 0.717) is 6.42 Å². The maximum Gasteiger partial charge on any atom is 0.390 e. The summed E-state index contributed by atoms with van der Waals surface area (Å²) in [5.41, 5.74) is 0. The molecule has 3 nitrogen and oxygen atoms in total. The molecule has 1 unspecified atom stereocenters. The molecule has 0 saturated heterocycles. The molecule has 15 heavy (non-hydrogen) atoms. The van der Waals surface area contributed by atoms with E-state index in [4.69, 9.17) is 5.26 Å². The van der Waals surface area contributed by atoms with Crippen LogP contribution in [0.25, 0.3) is 0 Å². The molecule has 0 aromatic heterocycles. The number of nitriles is 1. The molecule has 0 aliphatic carbocycles. The number of halogens is 3. The van der Waals surface area contributed by atoms with E-state index in [0.717, 1.165) is 4.90 Å². The van der Waals surface area contributed by atoms with Gasteiger partial charge in [0.25, 0.3) is 0 Å². The van der Waals surface area contributed by atoms with Crippen molar-refractivity contribution in [2.75, 3.05) is 13.6 Å². The highest BCUT2D eigenvalue weighted by Crippen LogP contribution is 2.20. The van der Waals surface area contributed by atoms with E-state index in [-0.39, 0.29) is 0 Å². The van der Waals surface area contributed by atoms with E-state index in [2.05, 4.69) is 0 Å². The Morgan fingerprint density at radius 2 is 2.07 bits per heavy atom. The van der Waals surface area contributed by atoms with Crippen molar-refractivity contribution in [1.29, 1.82) is 5.26 Å². The summed E-state index contributed by atoms with van der Waals surface area (Å²) in [6.45, 7) is 1.24. The predicted molar refractivity (Wildman–Crippen MR) is 47.7 cm³/mol. The van der Waals surface area contributed by atoms with Crippen molar-refractivity contribution < 1.29 is 18.0 Å². The monoisotopic (exact) mass is 222 g/mol. The molecule has 0 bridgehead atoms. The molecule has 0 aromatic carbocycles. The molecule has 0 saturated carbocycles. The molecule has 0 aromatic rings. The number of alkyl halides is 3. The van der Waals surface area contributed by atoms with E-state index < -0.39 is 31.0 Å². The first-order valence-electron chi connectivity index (χ1n) is 4.53. The third-order valence-corrected chi connectivity index (χ3v) is 1.97. The first-order valence-corrected chi connectivity index (χ1v) is 4.53. The van der Waals surface area contributed by atoms with Crippen LogP contribution in [0.1, 0.15) is 19.8 Å². The highest BCUT2D eigenvalue weighted by atomic mass is 19.4. The molecule has 0 rings (SSSR count). The summed E-state index contributed by atoms with van der Waals surface area (Å²) in [5.74, 6) is -1.40. The summed E-state index contributed by atoms with van der Waals surface area (Å²) < 4.78 is 35.5. The zero-order valence-electron chi connectivity index (χ0n) is 8.64. The van der Waals surface area contributed by atoms with Crippen LogP contribution in [0, 0.1) is 17.2 Å². The molecule has 86 valence electrons. The Bertz CT molecular complexity index is 257. The van der Waals surface area contributed by atoms with Gasteiger partial charge < -0.3 is 4.90 Å². The maximum atomic E-state index is 11.8. The molecule has 1 atom stereocenters. The summed E-state index contributed by atoms with van der Waals surface area (Å²) in [7, 11) is 1.27. The van der Waals surface area contributed by atoms with Gasteiger partial charge in [0, 0.05) is 13.6 Å². The van der Waals surface area contributed by atoms with Crippen molar-refractivity contribution in [1.82, 2.24) is 4.90 Å². The molecule has 6 heteroatoms. The minimum absolute atomic E-state index is 0.311. The second kappa shape index (κ2) is 5.59. The lowest BCUT2D eigenvalue weighted by Gasteiger charge is -2.19. The fourth-order valence-electron chi connectivity index (χ4n) is 0.992. The second-order valence-electron chi connectivity index (χ2n) is 3.21. The Morgan fingerprint density at radius 3 is 2.40 bits per heavy atom. The number of hydrogen-bond acceptors (Lipinski definition) is 2. The van der Waals surface area contributed by atoms with Gasteiger partial charge >= 0.3 is 6.18 Å². The van der Waals surface area contributed by atoms with Crippen molar-refractivity contribution in [2.24, 2.45) is 5.92 Å². The third kappa shape index (κ3) is 5.25. The van der Waals surface area contributed by atoms with E-state index in [1.807, 2.05) is 0 Å². The molecule has 0 heterocycles. The van der Waals surface area contributed by atoms with Crippen LogP contribution in [0.3, 0.4) is 0 Å². The molecule has 0 fully saturated rings. The fraction of sp³-hybridized carbons (Fsp3) is 0.778. The van der Waals surface area contributed by atoms with Crippen molar-refractivity contribution in [3.63, 3.8) is 0 Å². The normalized spacial score (nSPS) is 13.1. The van der Waals surface area contributed by atoms with E-state index in [9.17, 15) is 18.0 Å². The molecule has 0 N–H and O–H groups in total. The van der Waals surface area contributed by atoms with Crippen molar-refractivity contribution >= 4 is 5.91 Å². The number of nitrogens with zero attached hydrogens (tertiary/aromatic N) is 2. The molecule has 0 aliphatic heterocycles. The number of carbonyl (C=O) groups is 1. The summed E-state index contributed by atoms with van der Waals surface area (Å²) in [6.07, 6.45) is -5.01. The average molecular weight is 222 g/mol. The van der Waals surface area contributed by atoms with Gasteiger partial charge in [0.15, 0.2) is 0 Å². The van der Waals surface area contributed by atoms with Crippen molar-refractivity contribution in [3.8, 4) is 6.07 Å². The fourth-order valence-corrected chi connectivity index (χ4v) is 0.992. The molecule has 1 amide bonds. The number of rotatable bonds is 4. The first kappa shape index (κ1) is 13.8. The lowest BCUT2D eigenvalue weighted by molar-refractivity contribution is -0.145. The highest BCUT2D eigenvalue weighted by molar-refractivity contribution is 5.80. The first-order chi connectivity index (χ1) is 6.81. The van der Waals surface area contributed by atoms with Crippen molar-refractivity contribution in [2.45, 2.75) is 25.9 Å². The quantitative estimate of drug-likeness (QED) is 0.729. The van der Waals surface area contributed by atoms with Gasteiger partial charge in [-0.05, 0) is 6.42 Å². The number of amides is 1. The number of carbonyl (C=O) groups excluding carboxylic acids is 1. The van der Waals surface area contributed by atoms with Crippen molar-refractivity contribution in [3.05, 3.63) is 0 Å². The maximum absolute atomic E-state index is 11.8. The Balaban J connectivity index is 4.17. The zero-order valence-corrected chi connectivity index (χ0v) is 8.64. The lowest BCUT2D eigenvalue weighted by Crippen LogP contribution is -2.34. The molecule has 0 spiro atoms. The highest BCUT2D eigenvalue weighted by Gasteiger charge is 2.29. The van der Waals surface area contributed by atoms with E-state index in [1.165, 1.54) is 7.05 Å².